The van der Waals surface area contributed by atoms with Crippen LogP contribution >= 0.6 is 23.4 Å². The second-order valence-corrected chi connectivity index (χ2v) is 7.25. The van der Waals surface area contributed by atoms with E-state index in [0.717, 1.165) is 10.7 Å². The van der Waals surface area contributed by atoms with Gasteiger partial charge in [-0.15, -0.1) is 0 Å². The fourth-order valence-electron chi connectivity index (χ4n) is 2.48. The van der Waals surface area contributed by atoms with Gasteiger partial charge in [-0.05, 0) is 42.8 Å². The van der Waals surface area contributed by atoms with Crippen molar-refractivity contribution in [2.75, 3.05) is 11.1 Å². The quantitative estimate of drug-likeness (QED) is 0.468. The van der Waals surface area contributed by atoms with Gasteiger partial charge in [0, 0.05) is 28.7 Å². The maximum Gasteiger partial charge on any atom is 0.234 e. The number of anilines is 1. The highest BCUT2D eigenvalue weighted by molar-refractivity contribution is 7.99. The summed E-state index contributed by atoms with van der Waals surface area (Å²) in [5.74, 6) is 0.0882. The van der Waals surface area contributed by atoms with Crippen LogP contribution in [0, 0.1) is 0 Å². The first-order valence-electron chi connectivity index (χ1n) is 8.31. The molecule has 7 heteroatoms. The average molecular weight is 400 g/mol. The highest BCUT2D eigenvalue weighted by Gasteiger charge is 2.10. The van der Waals surface area contributed by atoms with E-state index in [0.29, 0.717) is 22.8 Å². The molecule has 0 fully saturated rings. The Hall–Kier alpha value is -2.57. The predicted molar refractivity (Wildman–Crippen MR) is 109 cm³/mol. The number of nitrogens with one attached hydrogen (secondary N) is 1. The zero-order valence-electron chi connectivity index (χ0n) is 14.7. The number of ketones is 1. The Morgan fingerprint density at radius 2 is 1.89 bits per heavy atom. The summed E-state index contributed by atoms with van der Waals surface area (Å²) >= 11 is 7.57. The van der Waals surface area contributed by atoms with Crippen molar-refractivity contribution in [1.29, 1.82) is 0 Å². The molecule has 0 aliphatic heterocycles. The van der Waals surface area contributed by atoms with Crippen LogP contribution < -0.4 is 5.32 Å². The molecule has 0 unspecified atom stereocenters. The van der Waals surface area contributed by atoms with Crippen molar-refractivity contribution in [3.8, 4) is 0 Å². The van der Waals surface area contributed by atoms with Crippen LogP contribution in [0.5, 0.6) is 0 Å². The van der Waals surface area contributed by atoms with Crippen LogP contribution in [0.25, 0.3) is 0 Å². The fourth-order valence-corrected chi connectivity index (χ4v) is 3.44. The first-order valence-corrected chi connectivity index (χ1v) is 9.67. The van der Waals surface area contributed by atoms with Gasteiger partial charge in [0.1, 0.15) is 0 Å². The third-order valence-corrected chi connectivity index (χ3v) is 5.26. The van der Waals surface area contributed by atoms with Crippen LogP contribution in [0.3, 0.4) is 0 Å². The van der Waals surface area contributed by atoms with Gasteiger partial charge in [-0.25, -0.2) is 4.98 Å². The number of rotatable bonds is 7. The molecular formula is C20H18ClN3O2S. The Balaban J connectivity index is 1.57. The Bertz CT molecular complexity index is 954. The molecule has 3 rings (SSSR count). The number of imidazole rings is 1. The van der Waals surface area contributed by atoms with E-state index in [1.54, 1.807) is 30.5 Å². The summed E-state index contributed by atoms with van der Waals surface area (Å²) in [5.41, 5.74) is 2.27. The van der Waals surface area contributed by atoms with Gasteiger partial charge in [0.25, 0.3) is 0 Å². The van der Waals surface area contributed by atoms with E-state index in [1.165, 1.54) is 18.7 Å². The molecule has 0 aliphatic rings. The van der Waals surface area contributed by atoms with Crippen molar-refractivity contribution < 1.29 is 9.59 Å². The third-order valence-electron chi connectivity index (χ3n) is 3.88. The lowest BCUT2D eigenvalue weighted by Crippen LogP contribution is -2.14. The molecule has 3 aromatic rings. The number of thioether (sulfide) groups is 1. The van der Waals surface area contributed by atoms with E-state index in [9.17, 15) is 9.59 Å². The summed E-state index contributed by atoms with van der Waals surface area (Å²) in [6, 6.07) is 14.5. The number of hydrogen-bond donors (Lipinski definition) is 1. The van der Waals surface area contributed by atoms with Gasteiger partial charge in [-0.3, -0.25) is 9.59 Å². The summed E-state index contributed by atoms with van der Waals surface area (Å²) in [5, 5.41) is 4.27. The van der Waals surface area contributed by atoms with Gasteiger partial charge in [0.05, 0.1) is 12.3 Å². The summed E-state index contributed by atoms with van der Waals surface area (Å²) in [4.78, 5) is 27.8. The van der Waals surface area contributed by atoms with Crippen molar-refractivity contribution >= 4 is 40.7 Å². The zero-order chi connectivity index (χ0) is 19.2. The van der Waals surface area contributed by atoms with Crippen LogP contribution in [0.1, 0.15) is 22.8 Å². The second-order valence-electron chi connectivity index (χ2n) is 5.90. The van der Waals surface area contributed by atoms with Crippen molar-refractivity contribution in [2.45, 2.75) is 18.6 Å². The first kappa shape index (κ1) is 19.2. The van der Waals surface area contributed by atoms with Crippen molar-refractivity contribution in [3.05, 3.63) is 77.1 Å². The van der Waals surface area contributed by atoms with Crippen molar-refractivity contribution in [3.63, 3.8) is 0 Å². The maximum atomic E-state index is 12.2. The number of aromatic nitrogens is 2. The number of benzene rings is 2. The minimum Gasteiger partial charge on any atom is -0.325 e. The third kappa shape index (κ3) is 5.21. The Kier molecular flexibility index (Phi) is 6.32. The summed E-state index contributed by atoms with van der Waals surface area (Å²) in [7, 11) is 0. The molecule has 1 heterocycles. The van der Waals surface area contributed by atoms with E-state index in [1.807, 2.05) is 35.0 Å². The number of hydrogen-bond acceptors (Lipinski definition) is 4. The Morgan fingerprint density at radius 3 is 2.59 bits per heavy atom. The molecular weight excluding hydrogens is 382 g/mol. The van der Waals surface area contributed by atoms with Gasteiger partial charge < -0.3 is 9.88 Å². The van der Waals surface area contributed by atoms with Crippen LogP contribution in [0.4, 0.5) is 5.69 Å². The largest absolute Gasteiger partial charge is 0.325 e. The van der Waals surface area contributed by atoms with E-state index >= 15 is 0 Å². The summed E-state index contributed by atoms with van der Waals surface area (Å²) < 4.78 is 1.96. The Labute approximate surface area is 166 Å². The van der Waals surface area contributed by atoms with E-state index in [4.69, 9.17) is 11.6 Å². The molecule has 0 radical (unpaired) electrons. The molecule has 0 aliphatic carbocycles. The van der Waals surface area contributed by atoms with Crippen molar-refractivity contribution in [1.82, 2.24) is 9.55 Å². The smallest absolute Gasteiger partial charge is 0.234 e. The van der Waals surface area contributed by atoms with Gasteiger partial charge in [0.15, 0.2) is 10.9 Å². The van der Waals surface area contributed by atoms with E-state index in [2.05, 4.69) is 10.3 Å². The molecule has 0 saturated heterocycles. The summed E-state index contributed by atoms with van der Waals surface area (Å²) in [6.45, 7) is 2.10. The molecule has 27 heavy (non-hydrogen) atoms. The van der Waals surface area contributed by atoms with Crippen LogP contribution in [-0.2, 0) is 11.3 Å². The number of carbonyl (C=O) groups is 2. The van der Waals surface area contributed by atoms with E-state index < -0.39 is 0 Å². The lowest BCUT2D eigenvalue weighted by Gasteiger charge is -2.09. The molecule has 0 atom stereocenters. The molecule has 0 saturated carbocycles. The number of amides is 1. The molecule has 138 valence electrons. The monoisotopic (exact) mass is 399 g/mol. The molecule has 1 aromatic heterocycles. The molecule has 5 nitrogen and oxygen atoms in total. The lowest BCUT2D eigenvalue weighted by molar-refractivity contribution is -0.113. The second kappa shape index (κ2) is 8.88. The molecule has 1 amide bonds. The Morgan fingerprint density at radius 1 is 1.15 bits per heavy atom. The normalized spacial score (nSPS) is 10.6. The number of Topliss-reactive ketones (excluding diaryl/α,β-unsaturated/α-hetero) is 1. The van der Waals surface area contributed by atoms with Crippen LogP contribution in [0.2, 0.25) is 5.02 Å². The zero-order valence-corrected chi connectivity index (χ0v) is 16.3. The molecule has 0 bridgehead atoms. The van der Waals surface area contributed by atoms with E-state index in [-0.39, 0.29) is 17.4 Å². The van der Waals surface area contributed by atoms with Crippen LogP contribution in [-0.4, -0.2) is 27.0 Å². The molecule has 0 spiro atoms. The molecule has 1 N–H and O–H groups in total. The van der Waals surface area contributed by atoms with Gasteiger partial charge >= 0.3 is 0 Å². The minimum absolute atomic E-state index is 0.00575. The SMILES string of the molecule is CC(=O)c1ccc(NC(=O)CSc2nccn2Cc2ccccc2Cl)cc1. The topological polar surface area (TPSA) is 64.0 Å². The molecule has 2 aromatic carbocycles. The number of halogens is 1. The van der Waals surface area contributed by atoms with Crippen LogP contribution in [0.15, 0.2) is 66.1 Å². The van der Waals surface area contributed by atoms with Gasteiger partial charge in [-0.2, -0.15) is 0 Å². The lowest BCUT2D eigenvalue weighted by atomic mass is 10.1. The number of carbonyl (C=O) groups excluding carboxylic acids is 2. The van der Waals surface area contributed by atoms with Gasteiger partial charge in [-0.1, -0.05) is 41.6 Å². The minimum atomic E-state index is -0.136. The van der Waals surface area contributed by atoms with Crippen molar-refractivity contribution in [2.24, 2.45) is 0 Å². The fraction of sp³-hybridized carbons (Fsp3) is 0.150. The first-order chi connectivity index (χ1) is 13.0. The average Bonchev–Trinajstić information content (AvgIpc) is 3.09. The predicted octanol–water partition coefficient (Wildman–Crippen LogP) is 4.52. The maximum absolute atomic E-state index is 12.2. The van der Waals surface area contributed by atoms with Gasteiger partial charge in [0.2, 0.25) is 5.91 Å². The number of nitrogens with zero attached hydrogens (tertiary/aromatic N) is 2. The highest BCUT2D eigenvalue weighted by atomic mass is 35.5. The summed E-state index contributed by atoms with van der Waals surface area (Å²) in [6.07, 6.45) is 3.57. The standard InChI is InChI=1S/C20H18ClN3O2S/c1-14(25)15-6-8-17(9-7-15)23-19(26)13-27-20-22-10-11-24(20)12-16-4-2-3-5-18(16)21/h2-11H,12-13H2,1H3,(H,23,26). The highest BCUT2D eigenvalue weighted by Crippen LogP contribution is 2.21.